The van der Waals surface area contributed by atoms with E-state index in [-0.39, 0.29) is 0 Å². The van der Waals surface area contributed by atoms with Crippen LogP contribution in [0.4, 0.5) is 11.4 Å². The first-order chi connectivity index (χ1) is 8.56. The lowest BCUT2D eigenvalue weighted by atomic mass is 10.1. The highest BCUT2D eigenvalue weighted by Crippen LogP contribution is 2.22. The smallest absolute Gasteiger partial charge is 0.104 e. The summed E-state index contributed by atoms with van der Waals surface area (Å²) in [5, 5.41) is 3.34. The molecule has 0 amide bonds. The number of thiocarbonyl (C=S) groups is 1. The third-order valence-electron chi connectivity index (χ3n) is 2.61. The van der Waals surface area contributed by atoms with E-state index in [1.54, 1.807) is 0 Å². The SMILES string of the molecule is Cc1cc(Nc2cccc(Br)c2)ccc1C(N)=S. The standard InChI is InChI=1S/C14H13BrN2S/c1-9-7-12(5-6-13(9)14(16)18)17-11-4-2-3-10(15)8-11/h2-8,17H,1H3,(H2,16,18). The predicted octanol–water partition coefficient (Wildman–Crippen LogP) is 4.14. The molecule has 2 aromatic rings. The maximum atomic E-state index is 5.64. The summed E-state index contributed by atoms with van der Waals surface area (Å²) >= 11 is 8.44. The third-order valence-corrected chi connectivity index (χ3v) is 3.32. The Morgan fingerprint density at radius 3 is 2.50 bits per heavy atom. The zero-order chi connectivity index (χ0) is 13.1. The van der Waals surface area contributed by atoms with Gasteiger partial charge in [-0.3, -0.25) is 0 Å². The quantitative estimate of drug-likeness (QED) is 0.835. The second-order valence-corrected chi connectivity index (χ2v) is 5.38. The average Bonchev–Trinajstić information content (AvgIpc) is 2.28. The molecule has 0 saturated heterocycles. The Hall–Kier alpha value is -1.39. The fourth-order valence-electron chi connectivity index (χ4n) is 1.75. The van der Waals surface area contributed by atoms with Gasteiger partial charge in [0.1, 0.15) is 4.99 Å². The van der Waals surface area contributed by atoms with Crippen LogP contribution in [0.3, 0.4) is 0 Å². The van der Waals surface area contributed by atoms with Crippen LogP contribution in [0, 0.1) is 6.92 Å². The molecule has 0 aliphatic carbocycles. The Morgan fingerprint density at radius 2 is 1.89 bits per heavy atom. The van der Waals surface area contributed by atoms with Gasteiger partial charge >= 0.3 is 0 Å². The Labute approximate surface area is 120 Å². The number of nitrogens with two attached hydrogens (primary N) is 1. The summed E-state index contributed by atoms with van der Waals surface area (Å²) < 4.78 is 1.05. The molecule has 0 fully saturated rings. The van der Waals surface area contributed by atoms with E-state index in [9.17, 15) is 0 Å². The van der Waals surface area contributed by atoms with Gasteiger partial charge in [-0.25, -0.2) is 0 Å². The molecule has 0 heterocycles. The lowest BCUT2D eigenvalue weighted by molar-refractivity contribution is 1.42. The van der Waals surface area contributed by atoms with Gasteiger partial charge in [0.2, 0.25) is 0 Å². The molecule has 0 aliphatic heterocycles. The predicted molar refractivity (Wildman–Crippen MR) is 84.5 cm³/mol. The zero-order valence-corrected chi connectivity index (χ0v) is 12.3. The van der Waals surface area contributed by atoms with Crippen LogP contribution >= 0.6 is 28.1 Å². The minimum Gasteiger partial charge on any atom is -0.389 e. The van der Waals surface area contributed by atoms with Crippen molar-refractivity contribution in [3.05, 3.63) is 58.1 Å². The van der Waals surface area contributed by atoms with Gasteiger partial charge in [-0.15, -0.1) is 0 Å². The van der Waals surface area contributed by atoms with Crippen LogP contribution in [0.5, 0.6) is 0 Å². The summed E-state index contributed by atoms with van der Waals surface area (Å²) in [6.07, 6.45) is 0. The number of hydrogen-bond donors (Lipinski definition) is 2. The number of aryl methyl sites for hydroxylation is 1. The summed E-state index contributed by atoms with van der Waals surface area (Å²) in [4.78, 5) is 0.432. The number of hydrogen-bond acceptors (Lipinski definition) is 2. The molecule has 2 aromatic carbocycles. The van der Waals surface area contributed by atoms with Gasteiger partial charge in [-0.1, -0.05) is 34.2 Å². The van der Waals surface area contributed by atoms with Gasteiger partial charge in [-0.2, -0.15) is 0 Å². The fraction of sp³-hybridized carbons (Fsp3) is 0.0714. The van der Waals surface area contributed by atoms with Crippen molar-refractivity contribution in [2.24, 2.45) is 5.73 Å². The van der Waals surface area contributed by atoms with Crippen LogP contribution in [-0.2, 0) is 0 Å². The van der Waals surface area contributed by atoms with Crippen molar-refractivity contribution in [2.75, 3.05) is 5.32 Å². The first kappa shape index (κ1) is 13.1. The van der Waals surface area contributed by atoms with E-state index in [0.29, 0.717) is 4.99 Å². The lowest BCUT2D eigenvalue weighted by Crippen LogP contribution is -2.11. The minimum atomic E-state index is 0.432. The molecule has 92 valence electrons. The Kier molecular flexibility index (Phi) is 3.99. The van der Waals surface area contributed by atoms with Gasteiger partial charge in [-0.05, 0) is 48.9 Å². The molecular weight excluding hydrogens is 308 g/mol. The lowest BCUT2D eigenvalue weighted by Gasteiger charge is -2.10. The summed E-state index contributed by atoms with van der Waals surface area (Å²) in [6.45, 7) is 2.00. The van der Waals surface area contributed by atoms with Crippen molar-refractivity contribution < 1.29 is 0 Å². The van der Waals surface area contributed by atoms with Crippen molar-refractivity contribution in [3.63, 3.8) is 0 Å². The highest BCUT2D eigenvalue weighted by Gasteiger charge is 2.03. The van der Waals surface area contributed by atoms with Crippen LogP contribution in [-0.4, -0.2) is 4.99 Å². The van der Waals surface area contributed by atoms with E-state index in [0.717, 1.165) is 27.0 Å². The van der Waals surface area contributed by atoms with Gasteiger partial charge < -0.3 is 11.1 Å². The molecule has 0 aliphatic rings. The van der Waals surface area contributed by atoms with Gasteiger partial charge in [0, 0.05) is 21.4 Å². The van der Waals surface area contributed by atoms with Gasteiger partial charge in [0.15, 0.2) is 0 Å². The van der Waals surface area contributed by atoms with E-state index in [1.165, 1.54) is 0 Å². The molecule has 2 rings (SSSR count). The number of benzene rings is 2. The van der Waals surface area contributed by atoms with Crippen molar-refractivity contribution in [1.82, 2.24) is 0 Å². The molecule has 2 nitrogen and oxygen atoms in total. The van der Waals surface area contributed by atoms with Gasteiger partial charge in [0.05, 0.1) is 0 Å². The Bertz CT molecular complexity index is 596. The van der Waals surface area contributed by atoms with Crippen LogP contribution in [0.1, 0.15) is 11.1 Å². The molecule has 18 heavy (non-hydrogen) atoms. The summed E-state index contributed by atoms with van der Waals surface area (Å²) in [5.41, 5.74) is 9.69. The van der Waals surface area contributed by atoms with Crippen LogP contribution in [0.15, 0.2) is 46.9 Å². The van der Waals surface area contributed by atoms with Gasteiger partial charge in [0.25, 0.3) is 0 Å². The summed E-state index contributed by atoms with van der Waals surface area (Å²) in [5.74, 6) is 0. The largest absolute Gasteiger partial charge is 0.389 e. The minimum absolute atomic E-state index is 0.432. The Morgan fingerprint density at radius 1 is 1.17 bits per heavy atom. The second kappa shape index (κ2) is 5.50. The molecule has 4 heteroatoms. The third kappa shape index (κ3) is 3.09. The normalized spacial score (nSPS) is 10.1. The molecule has 0 unspecified atom stereocenters. The second-order valence-electron chi connectivity index (χ2n) is 4.03. The average molecular weight is 321 g/mol. The molecular formula is C14H13BrN2S. The van der Waals surface area contributed by atoms with Crippen LogP contribution < -0.4 is 11.1 Å². The maximum absolute atomic E-state index is 5.64. The van der Waals surface area contributed by atoms with Crippen LogP contribution in [0.2, 0.25) is 0 Å². The fourth-order valence-corrected chi connectivity index (χ4v) is 2.38. The molecule has 0 radical (unpaired) electrons. The molecule has 0 atom stereocenters. The topological polar surface area (TPSA) is 38.0 Å². The van der Waals surface area contributed by atoms with Crippen LogP contribution in [0.25, 0.3) is 0 Å². The summed E-state index contributed by atoms with van der Waals surface area (Å²) in [6, 6.07) is 14.0. The van der Waals surface area contributed by atoms with Crippen molar-refractivity contribution in [2.45, 2.75) is 6.92 Å². The zero-order valence-electron chi connectivity index (χ0n) is 9.91. The van der Waals surface area contributed by atoms with E-state index >= 15 is 0 Å². The first-order valence-corrected chi connectivity index (χ1v) is 6.69. The van der Waals surface area contributed by atoms with Crippen molar-refractivity contribution >= 4 is 44.5 Å². The molecule has 0 bridgehead atoms. The molecule has 3 N–H and O–H groups in total. The number of nitrogens with one attached hydrogen (secondary N) is 1. The number of rotatable bonds is 3. The molecule has 0 aromatic heterocycles. The van der Waals surface area contributed by atoms with E-state index in [2.05, 4.69) is 21.2 Å². The number of halogens is 1. The summed E-state index contributed by atoms with van der Waals surface area (Å²) in [7, 11) is 0. The first-order valence-electron chi connectivity index (χ1n) is 5.49. The highest BCUT2D eigenvalue weighted by molar-refractivity contribution is 9.10. The maximum Gasteiger partial charge on any atom is 0.104 e. The highest BCUT2D eigenvalue weighted by atomic mass is 79.9. The van der Waals surface area contributed by atoms with E-state index in [4.69, 9.17) is 18.0 Å². The number of anilines is 2. The van der Waals surface area contributed by atoms with Crippen molar-refractivity contribution in [3.8, 4) is 0 Å². The van der Waals surface area contributed by atoms with Crippen molar-refractivity contribution in [1.29, 1.82) is 0 Å². The molecule has 0 saturated carbocycles. The van der Waals surface area contributed by atoms with E-state index in [1.807, 2.05) is 49.4 Å². The molecule has 0 spiro atoms. The Balaban J connectivity index is 2.25. The monoisotopic (exact) mass is 320 g/mol. The van der Waals surface area contributed by atoms with E-state index < -0.39 is 0 Å².